The van der Waals surface area contributed by atoms with E-state index < -0.39 is 16.6 Å². The van der Waals surface area contributed by atoms with Gasteiger partial charge in [0.15, 0.2) is 8.32 Å². The van der Waals surface area contributed by atoms with Crippen molar-refractivity contribution in [2.24, 2.45) is 0 Å². The predicted octanol–water partition coefficient (Wildman–Crippen LogP) is 5.94. The van der Waals surface area contributed by atoms with Crippen LogP contribution in [0.5, 0.6) is 0 Å². The first-order chi connectivity index (χ1) is 9.55. The molecule has 0 spiro atoms. The second-order valence-corrected chi connectivity index (χ2v) is 19.5. The molecule has 0 aliphatic carbocycles. The zero-order valence-corrected chi connectivity index (χ0v) is 19.1. The van der Waals surface area contributed by atoms with Crippen molar-refractivity contribution in [1.82, 2.24) is 4.98 Å². The summed E-state index contributed by atoms with van der Waals surface area (Å²) in [6, 6.07) is 0.354. The van der Waals surface area contributed by atoms with Crippen LogP contribution in [0.3, 0.4) is 0 Å². The third kappa shape index (κ3) is 5.95. The molecule has 0 aromatic heterocycles. The molecule has 0 saturated carbocycles. The third-order valence-corrected chi connectivity index (χ3v) is 15.1. The molecule has 22 heavy (non-hydrogen) atoms. The normalized spacial score (nSPS) is 17.2. The Morgan fingerprint density at radius 3 is 1.77 bits per heavy atom. The molecule has 4 heteroatoms. The van der Waals surface area contributed by atoms with Gasteiger partial charge in [0, 0.05) is 6.04 Å². The van der Waals surface area contributed by atoms with Gasteiger partial charge in [-0.1, -0.05) is 60.7 Å². The molecule has 0 saturated heterocycles. The van der Waals surface area contributed by atoms with E-state index in [0.717, 1.165) is 6.42 Å². The highest BCUT2D eigenvalue weighted by Crippen LogP contribution is 2.38. The molecule has 0 aliphatic rings. The van der Waals surface area contributed by atoms with E-state index in [9.17, 15) is 0 Å². The SMILES string of the molecule is C=CC[C@@H](N[Si](C)(C)C(C)(C)C)[C@H](C)O[Si](C)(C)C(C)(C)C. The van der Waals surface area contributed by atoms with E-state index in [0.29, 0.717) is 11.1 Å². The van der Waals surface area contributed by atoms with Gasteiger partial charge in [-0.2, -0.15) is 0 Å². The Balaban J connectivity index is 5.15. The maximum atomic E-state index is 6.63. The minimum absolute atomic E-state index is 0.216. The fraction of sp³-hybridized carbons (Fsp3) is 0.889. The van der Waals surface area contributed by atoms with Crippen molar-refractivity contribution in [3.05, 3.63) is 12.7 Å². The van der Waals surface area contributed by atoms with Crippen molar-refractivity contribution >= 4 is 16.6 Å². The Morgan fingerprint density at radius 1 is 1.00 bits per heavy atom. The lowest BCUT2D eigenvalue weighted by molar-refractivity contribution is 0.161. The fourth-order valence-electron chi connectivity index (χ4n) is 1.95. The lowest BCUT2D eigenvalue weighted by atomic mass is 10.1. The van der Waals surface area contributed by atoms with E-state index in [1.807, 2.05) is 6.08 Å². The number of nitrogens with one attached hydrogen (secondary N) is 1. The first kappa shape index (κ1) is 22.1. The maximum Gasteiger partial charge on any atom is 0.192 e. The zero-order chi connectivity index (χ0) is 18.0. The predicted molar refractivity (Wildman–Crippen MR) is 107 cm³/mol. The highest BCUT2D eigenvalue weighted by Gasteiger charge is 2.42. The van der Waals surface area contributed by atoms with Crippen molar-refractivity contribution in [3.8, 4) is 0 Å². The summed E-state index contributed by atoms with van der Waals surface area (Å²) < 4.78 is 6.63. The first-order valence-corrected chi connectivity index (χ1v) is 14.5. The summed E-state index contributed by atoms with van der Waals surface area (Å²) in [4.78, 5) is 3.97. The Kier molecular flexibility index (Phi) is 7.36. The van der Waals surface area contributed by atoms with Gasteiger partial charge < -0.3 is 9.41 Å². The Hall–Kier alpha value is 0.0938. The molecular formula is C18H41NOSi2. The van der Waals surface area contributed by atoms with Crippen LogP contribution in [0.1, 0.15) is 54.9 Å². The van der Waals surface area contributed by atoms with Gasteiger partial charge in [0.2, 0.25) is 0 Å². The molecule has 0 heterocycles. The summed E-state index contributed by atoms with van der Waals surface area (Å²) >= 11 is 0. The fourth-order valence-corrected chi connectivity index (χ4v) is 5.11. The molecule has 132 valence electrons. The molecule has 0 radical (unpaired) electrons. The van der Waals surface area contributed by atoms with Crippen molar-refractivity contribution in [2.75, 3.05) is 0 Å². The molecule has 0 fully saturated rings. The largest absolute Gasteiger partial charge is 0.413 e. The summed E-state index contributed by atoms with van der Waals surface area (Å²) in [7, 11) is -3.29. The van der Waals surface area contributed by atoms with Crippen LogP contribution in [0.25, 0.3) is 0 Å². The maximum absolute atomic E-state index is 6.63. The summed E-state index contributed by atoms with van der Waals surface area (Å²) in [6.45, 7) is 29.6. The summed E-state index contributed by atoms with van der Waals surface area (Å²) in [6.07, 6.45) is 3.20. The molecule has 0 rings (SSSR count). The van der Waals surface area contributed by atoms with Gasteiger partial charge in [0.05, 0.1) is 6.10 Å². The van der Waals surface area contributed by atoms with Gasteiger partial charge in [-0.3, -0.25) is 0 Å². The van der Waals surface area contributed by atoms with Gasteiger partial charge in [0.1, 0.15) is 8.24 Å². The van der Waals surface area contributed by atoms with Crippen molar-refractivity contribution in [1.29, 1.82) is 0 Å². The topological polar surface area (TPSA) is 21.3 Å². The van der Waals surface area contributed by atoms with Gasteiger partial charge in [-0.15, -0.1) is 6.58 Å². The molecule has 0 amide bonds. The lowest BCUT2D eigenvalue weighted by Crippen LogP contribution is -2.60. The van der Waals surface area contributed by atoms with Gasteiger partial charge >= 0.3 is 0 Å². The molecule has 0 aromatic carbocycles. The van der Waals surface area contributed by atoms with E-state index >= 15 is 0 Å². The quantitative estimate of drug-likeness (QED) is 0.456. The summed E-state index contributed by atoms with van der Waals surface area (Å²) in [5.41, 5.74) is 0. The molecule has 0 aromatic rings. The molecule has 0 unspecified atom stereocenters. The number of rotatable bonds is 7. The zero-order valence-electron chi connectivity index (χ0n) is 17.1. The van der Waals surface area contributed by atoms with Crippen LogP contribution in [-0.4, -0.2) is 28.7 Å². The van der Waals surface area contributed by atoms with Crippen molar-refractivity contribution in [2.45, 2.75) is 103 Å². The van der Waals surface area contributed by atoms with E-state index in [1.54, 1.807) is 0 Å². The number of hydrogen-bond acceptors (Lipinski definition) is 2. The third-order valence-electron chi connectivity index (χ3n) is 5.70. The van der Waals surface area contributed by atoms with E-state index in [4.69, 9.17) is 4.43 Å². The molecule has 0 bridgehead atoms. The minimum Gasteiger partial charge on any atom is -0.413 e. The van der Waals surface area contributed by atoms with E-state index in [2.05, 4.69) is 86.2 Å². The molecular weight excluding hydrogens is 302 g/mol. The van der Waals surface area contributed by atoms with Gasteiger partial charge in [0.25, 0.3) is 0 Å². The van der Waals surface area contributed by atoms with E-state index in [-0.39, 0.29) is 11.1 Å². The average Bonchev–Trinajstić information content (AvgIpc) is 2.24. The van der Waals surface area contributed by atoms with Crippen LogP contribution in [0.15, 0.2) is 12.7 Å². The Morgan fingerprint density at radius 2 is 1.45 bits per heavy atom. The molecule has 1 N–H and O–H groups in total. The highest BCUT2D eigenvalue weighted by atomic mass is 28.4. The standard InChI is InChI=1S/C18H41NOSi2/c1-13-14-16(19-21(9,10)17(3,4)5)15(2)20-22(11,12)18(6,7)8/h13,15-16,19H,1,14H2,2-12H3/t15-,16+/m0/s1. The summed E-state index contributed by atoms with van der Waals surface area (Å²) in [5.74, 6) is 0. The van der Waals surface area contributed by atoms with Crippen LogP contribution >= 0.6 is 0 Å². The second kappa shape index (κ2) is 7.33. The van der Waals surface area contributed by atoms with Crippen LogP contribution in [0, 0.1) is 0 Å². The second-order valence-electron chi connectivity index (χ2n) is 9.73. The smallest absolute Gasteiger partial charge is 0.192 e. The average molecular weight is 344 g/mol. The first-order valence-electron chi connectivity index (χ1n) is 8.61. The highest BCUT2D eigenvalue weighted by molar-refractivity contribution is 6.77. The monoisotopic (exact) mass is 343 g/mol. The van der Waals surface area contributed by atoms with Crippen LogP contribution in [0.2, 0.25) is 36.3 Å². The van der Waals surface area contributed by atoms with Crippen LogP contribution in [-0.2, 0) is 4.43 Å². The molecule has 2 nitrogen and oxygen atoms in total. The van der Waals surface area contributed by atoms with Crippen molar-refractivity contribution < 1.29 is 4.43 Å². The van der Waals surface area contributed by atoms with E-state index in [1.165, 1.54) is 0 Å². The lowest BCUT2D eigenvalue weighted by Gasteiger charge is -2.45. The minimum atomic E-state index is -1.74. The van der Waals surface area contributed by atoms with Crippen LogP contribution in [0.4, 0.5) is 0 Å². The van der Waals surface area contributed by atoms with Gasteiger partial charge in [-0.05, 0) is 36.5 Å². The number of hydrogen-bond donors (Lipinski definition) is 1. The van der Waals surface area contributed by atoms with Crippen LogP contribution < -0.4 is 4.98 Å². The molecule has 2 atom stereocenters. The Bertz CT molecular complexity index is 364. The van der Waals surface area contributed by atoms with Gasteiger partial charge in [-0.25, -0.2) is 0 Å². The summed E-state index contributed by atoms with van der Waals surface area (Å²) in [5, 5.41) is 0.570. The molecule has 0 aliphatic heterocycles. The van der Waals surface area contributed by atoms with Crippen molar-refractivity contribution in [3.63, 3.8) is 0 Å². The Labute approximate surface area is 142 Å².